The van der Waals surface area contributed by atoms with E-state index in [9.17, 15) is 4.79 Å². The first-order chi connectivity index (χ1) is 12.6. The lowest BCUT2D eigenvalue weighted by Crippen LogP contribution is -2.13. The van der Waals surface area contributed by atoms with Crippen LogP contribution in [0.5, 0.6) is 5.75 Å². The predicted molar refractivity (Wildman–Crippen MR) is 103 cm³/mol. The van der Waals surface area contributed by atoms with Crippen molar-refractivity contribution in [2.45, 2.75) is 0 Å². The first kappa shape index (κ1) is 18.0. The zero-order valence-corrected chi connectivity index (χ0v) is 15.2. The van der Waals surface area contributed by atoms with Crippen molar-refractivity contribution < 1.29 is 9.53 Å². The molecule has 0 aliphatic carbocycles. The maximum absolute atomic E-state index is 12.2. The molecule has 132 valence electrons. The molecule has 0 aliphatic heterocycles. The molecule has 3 rings (SSSR count). The highest BCUT2D eigenvalue weighted by Gasteiger charge is 2.10. The van der Waals surface area contributed by atoms with Crippen LogP contribution in [0.3, 0.4) is 0 Å². The number of benzene rings is 2. The summed E-state index contributed by atoms with van der Waals surface area (Å²) in [6.07, 6.45) is 2.85. The van der Waals surface area contributed by atoms with Crippen LogP contribution in [0.2, 0.25) is 10.0 Å². The van der Waals surface area contributed by atoms with Gasteiger partial charge in [0.2, 0.25) is 5.95 Å². The average Bonchev–Trinajstić information content (AvgIpc) is 2.64. The average molecular weight is 389 g/mol. The molecule has 1 heterocycles. The first-order valence-corrected chi connectivity index (χ1v) is 8.31. The molecule has 2 aromatic carbocycles. The Morgan fingerprint density at radius 2 is 1.77 bits per heavy atom. The topological polar surface area (TPSA) is 76.1 Å². The number of hydrogen-bond donors (Lipinski definition) is 2. The lowest BCUT2D eigenvalue weighted by atomic mass is 10.2. The molecule has 1 aromatic heterocycles. The number of nitrogens with zero attached hydrogens (tertiary/aromatic N) is 2. The molecule has 8 heteroatoms. The van der Waals surface area contributed by atoms with Gasteiger partial charge in [-0.1, -0.05) is 35.3 Å². The fourth-order valence-electron chi connectivity index (χ4n) is 2.14. The van der Waals surface area contributed by atoms with Gasteiger partial charge >= 0.3 is 0 Å². The maximum Gasteiger partial charge on any atom is 0.258 e. The summed E-state index contributed by atoms with van der Waals surface area (Å²) < 4.78 is 5.10. The fraction of sp³-hybridized carbons (Fsp3) is 0.0556. The number of halogens is 2. The number of para-hydroxylation sites is 1. The summed E-state index contributed by atoms with van der Waals surface area (Å²) in [5.74, 6) is 0.558. The van der Waals surface area contributed by atoms with E-state index in [1.165, 1.54) is 12.4 Å². The smallest absolute Gasteiger partial charge is 0.258 e. The molecule has 2 N–H and O–H groups in total. The molecule has 0 fully saturated rings. The number of nitrogens with one attached hydrogen (secondary N) is 2. The minimum atomic E-state index is -0.350. The summed E-state index contributed by atoms with van der Waals surface area (Å²) in [5, 5.41) is 6.64. The monoisotopic (exact) mass is 388 g/mol. The number of carbonyl (C=O) groups excluding carboxylic acids is 1. The fourth-order valence-corrected chi connectivity index (χ4v) is 2.58. The van der Waals surface area contributed by atoms with Crippen LogP contribution in [0.25, 0.3) is 0 Å². The lowest BCUT2D eigenvalue weighted by Gasteiger charge is -2.09. The number of ether oxygens (including phenoxy) is 1. The van der Waals surface area contributed by atoms with Crippen molar-refractivity contribution in [3.63, 3.8) is 0 Å². The van der Waals surface area contributed by atoms with Crippen molar-refractivity contribution in [1.82, 2.24) is 9.97 Å². The Balaban J connectivity index is 1.69. The molecule has 0 atom stereocenters. The third-order valence-corrected chi connectivity index (χ3v) is 4.07. The van der Waals surface area contributed by atoms with E-state index < -0.39 is 0 Å². The molecule has 0 unspecified atom stereocenters. The number of amides is 1. The number of rotatable bonds is 5. The number of carbonyl (C=O) groups is 1. The van der Waals surface area contributed by atoms with Gasteiger partial charge in [0.15, 0.2) is 0 Å². The van der Waals surface area contributed by atoms with Gasteiger partial charge in [-0.2, -0.15) is 0 Å². The van der Waals surface area contributed by atoms with Crippen molar-refractivity contribution in [1.29, 1.82) is 0 Å². The van der Waals surface area contributed by atoms with E-state index in [0.29, 0.717) is 38.7 Å². The van der Waals surface area contributed by atoms with Gasteiger partial charge in [0.1, 0.15) is 5.75 Å². The molecule has 0 spiro atoms. The first-order valence-electron chi connectivity index (χ1n) is 7.55. The summed E-state index contributed by atoms with van der Waals surface area (Å²) in [5.41, 5.74) is 1.53. The minimum absolute atomic E-state index is 0.309. The minimum Gasteiger partial charge on any atom is -0.495 e. The summed E-state index contributed by atoms with van der Waals surface area (Å²) in [4.78, 5) is 20.5. The second kappa shape index (κ2) is 8.03. The van der Waals surface area contributed by atoms with E-state index in [4.69, 9.17) is 27.9 Å². The number of hydrogen-bond acceptors (Lipinski definition) is 5. The molecular formula is C18H14Cl2N4O2. The number of aromatic nitrogens is 2. The Labute approximate surface area is 160 Å². The van der Waals surface area contributed by atoms with Crippen LogP contribution in [0.1, 0.15) is 10.4 Å². The largest absolute Gasteiger partial charge is 0.495 e. The highest BCUT2D eigenvalue weighted by atomic mass is 35.5. The molecule has 3 aromatic rings. The Hall–Kier alpha value is -2.83. The molecule has 0 radical (unpaired) electrons. The van der Waals surface area contributed by atoms with Gasteiger partial charge in [0.05, 0.1) is 28.4 Å². The van der Waals surface area contributed by atoms with Crippen LogP contribution in [0.4, 0.5) is 17.3 Å². The van der Waals surface area contributed by atoms with Gasteiger partial charge < -0.3 is 15.4 Å². The molecule has 0 saturated carbocycles. The third kappa shape index (κ3) is 4.22. The zero-order valence-electron chi connectivity index (χ0n) is 13.7. The van der Waals surface area contributed by atoms with Crippen molar-refractivity contribution in [2.24, 2.45) is 0 Å². The van der Waals surface area contributed by atoms with Crippen molar-refractivity contribution >= 4 is 46.4 Å². The van der Waals surface area contributed by atoms with E-state index in [0.717, 1.165) is 0 Å². The molecule has 0 aliphatic rings. The van der Waals surface area contributed by atoms with Gasteiger partial charge in [0.25, 0.3) is 5.91 Å². The third-order valence-electron chi connectivity index (χ3n) is 3.44. The van der Waals surface area contributed by atoms with Gasteiger partial charge in [0, 0.05) is 18.1 Å². The van der Waals surface area contributed by atoms with E-state index in [1.54, 1.807) is 49.6 Å². The summed E-state index contributed by atoms with van der Waals surface area (Å²) in [6, 6.07) is 12.2. The van der Waals surface area contributed by atoms with Crippen molar-refractivity contribution in [2.75, 3.05) is 17.7 Å². The van der Waals surface area contributed by atoms with Crippen molar-refractivity contribution in [3.05, 3.63) is 70.5 Å². The SMILES string of the molecule is COc1ccc(Nc2ncc(C(=O)Nc3ccccc3Cl)cn2)cc1Cl. The highest BCUT2D eigenvalue weighted by molar-refractivity contribution is 6.34. The Kier molecular flexibility index (Phi) is 5.55. The van der Waals surface area contributed by atoms with Gasteiger partial charge in [-0.25, -0.2) is 9.97 Å². The summed E-state index contributed by atoms with van der Waals surface area (Å²) >= 11 is 12.1. The number of methoxy groups -OCH3 is 1. The Bertz CT molecular complexity index is 933. The van der Waals surface area contributed by atoms with Crippen LogP contribution in [0.15, 0.2) is 54.9 Å². The molecule has 26 heavy (non-hydrogen) atoms. The van der Waals surface area contributed by atoms with Gasteiger partial charge in [-0.15, -0.1) is 0 Å². The van der Waals surface area contributed by atoms with E-state index in [1.807, 2.05) is 0 Å². The molecule has 0 bridgehead atoms. The Morgan fingerprint density at radius 3 is 2.42 bits per heavy atom. The molecule has 1 amide bonds. The zero-order chi connectivity index (χ0) is 18.5. The van der Waals surface area contributed by atoms with Gasteiger partial charge in [-0.05, 0) is 30.3 Å². The van der Waals surface area contributed by atoms with E-state index in [2.05, 4.69) is 20.6 Å². The van der Waals surface area contributed by atoms with Crippen LogP contribution in [-0.4, -0.2) is 23.0 Å². The summed E-state index contributed by atoms with van der Waals surface area (Å²) in [7, 11) is 1.55. The highest BCUT2D eigenvalue weighted by Crippen LogP contribution is 2.28. The standard InChI is InChI=1S/C18H14Cl2N4O2/c1-26-16-7-6-12(8-14(16)20)23-18-21-9-11(10-22-18)17(25)24-15-5-3-2-4-13(15)19/h2-10H,1H3,(H,24,25)(H,21,22,23). The van der Waals surface area contributed by atoms with Crippen LogP contribution in [-0.2, 0) is 0 Å². The van der Waals surface area contributed by atoms with E-state index >= 15 is 0 Å². The maximum atomic E-state index is 12.2. The van der Waals surface area contributed by atoms with Gasteiger partial charge in [-0.3, -0.25) is 4.79 Å². The quantitative estimate of drug-likeness (QED) is 0.656. The second-order valence-corrected chi connectivity index (χ2v) is 6.02. The normalized spacial score (nSPS) is 10.3. The Morgan fingerprint density at radius 1 is 1.04 bits per heavy atom. The molecule has 6 nitrogen and oxygen atoms in total. The summed E-state index contributed by atoms with van der Waals surface area (Å²) in [6.45, 7) is 0. The van der Waals surface area contributed by atoms with Crippen molar-refractivity contribution in [3.8, 4) is 5.75 Å². The molecule has 0 saturated heterocycles. The molecular weight excluding hydrogens is 375 g/mol. The van der Waals surface area contributed by atoms with E-state index in [-0.39, 0.29) is 5.91 Å². The number of anilines is 3. The predicted octanol–water partition coefficient (Wildman–Crippen LogP) is 4.79. The van der Waals surface area contributed by atoms with Crippen LogP contribution >= 0.6 is 23.2 Å². The lowest BCUT2D eigenvalue weighted by molar-refractivity contribution is 0.102. The van der Waals surface area contributed by atoms with Crippen LogP contribution < -0.4 is 15.4 Å². The second-order valence-electron chi connectivity index (χ2n) is 5.20. The van der Waals surface area contributed by atoms with Crippen LogP contribution in [0, 0.1) is 0 Å².